The molecule has 26 heavy (non-hydrogen) atoms. The number of rotatable bonds is 4. The van der Waals surface area contributed by atoms with Crippen molar-refractivity contribution in [3.05, 3.63) is 69.8 Å². The highest BCUT2D eigenvalue weighted by Gasteiger charge is 2.26. The number of benzene rings is 2. The van der Waals surface area contributed by atoms with Crippen LogP contribution >= 0.6 is 12.2 Å². The van der Waals surface area contributed by atoms with Crippen LogP contribution in [-0.2, 0) is 4.74 Å². The summed E-state index contributed by atoms with van der Waals surface area (Å²) in [5, 5.41) is 16.0. The first-order valence-electron chi connectivity index (χ1n) is 7.47. The summed E-state index contributed by atoms with van der Waals surface area (Å²) in [5.74, 6) is 0.386. The zero-order valence-electron chi connectivity index (χ0n) is 13.6. The van der Waals surface area contributed by atoms with Gasteiger partial charge in [-0.3, -0.25) is 14.9 Å². The van der Waals surface area contributed by atoms with Crippen LogP contribution in [-0.4, -0.2) is 40.4 Å². The third-order valence-corrected chi connectivity index (χ3v) is 3.90. The monoisotopic (exact) mass is 371 g/mol. The minimum atomic E-state index is -0.498. The van der Waals surface area contributed by atoms with Crippen LogP contribution in [0.3, 0.4) is 0 Å². The maximum absolute atomic E-state index is 12.7. The van der Waals surface area contributed by atoms with Gasteiger partial charge < -0.3 is 9.47 Å². The minimum Gasteiger partial charge on any atom is -0.497 e. The van der Waals surface area contributed by atoms with E-state index in [9.17, 15) is 14.9 Å². The number of nitrogens with zero attached hydrogens (tertiary/aromatic N) is 3. The summed E-state index contributed by atoms with van der Waals surface area (Å²) in [7, 11) is 1.54. The summed E-state index contributed by atoms with van der Waals surface area (Å²) in [6.45, 7) is 0.00699. The van der Waals surface area contributed by atoms with Crippen molar-refractivity contribution in [3.63, 3.8) is 0 Å². The van der Waals surface area contributed by atoms with Gasteiger partial charge in [0.05, 0.1) is 12.0 Å². The number of carbonyl (C=O) groups is 1. The number of thiocarbonyl (C=S) groups is 1. The van der Waals surface area contributed by atoms with E-state index in [0.29, 0.717) is 16.9 Å². The van der Waals surface area contributed by atoms with Crippen LogP contribution in [0.4, 0.5) is 5.69 Å². The SMILES string of the molecule is COc1ccc(C(=O)N2N=C(c3ccc([N+](=O)[O-])cc3)OCC2=S)cc1. The molecule has 0 saturated heterocycles. The Morgan fingerprint density at radius 1 is 1.23 bits per heavy atom. The van der Waals surface area contributed by atoms with Crippen LogP contribution in [0.1, 0.15) is 15.9 Å². The lowest BCUT2D eigenvalue weighted by molar-refractivity contribution is -0.384. The van der Waals surface area contributed by atoms with E-state index in [1.54, 1.807) is 24.3 Å². The Hall–Kier alpha value is -3.33. The molecular formula is C17H13N3O5S. The predicted molar refractivity (Wildman–Crippen MR) is 97.3 cm³/mol. The number of nitro groups is 1. The van der Waals surface area contributed by atoms with E-state index in [4.69, 9.17) is 21.7 Å². The fraction of sp³-hybridized carbons (Fsp3) is 0.118. The summed E-state index contributed by atoms with van der Waals surface area (Å²) in [4.78, 5) is 23.1. The number of non-ortho nitro benzene ring substituents is 1. The van der Waals surface area contributed by atoms with Gasteiger partial charge in [0.15, 0.2) is 0 Å². The first-order valence-corrected chi connectivity index (χ1v) is 7.88. The molecule has 132 valence electrons. The molecule has 3 rings (SSSR count). The van der Waals surface area contributed by atoms with Crippen molar-refractivity contribution in [2.24, 2.45) is 5.10 Å². The van der Waals surface area contributed by atoms with E-state index in [-0.39, 0.29) is 23.2 Å². The lowest BCUT2D eigenvalue weighted by Gasteiger charge is -2.24. The van der Waals surface area contributed by atoms with E-state index < -0.39 is 10.8 Å². The van der Waals surface area contributed by atoms with Crippen LogP contribution in [0, 0.1) is 10.1 Å². The molecule has 1 aliphatic heterocycles. The Kier molecular flexibility index (Phi) is 4.90. The van der Waals surface area contributed by atoms with Gasteiger partial charge in [-0.15, -0.1) is 5.10 Å². The summed E-state index contributed by atoms with van der Waals surface area (Å²) in [6.07, 6.45) is 0. The summed E-state index contributed by atoms with van der Waals surface area (Å²) in [6, 6.07) is 12.2. The van der Waals surface area contributed by atoms with Crippen LogP contribution in [0.2, 0.25) is 0 Å². The summed E-state index contributed by atoms with van der Waals surface area (Å²) < 4.78 is 10.5. The molecule has 2 aromatic rings. The summed E-state index contributed by atoms with van der Waals surface area (Å²) in [5.41, 5.74) is 0.847. The first-order chi connectivity index (χ1) is 12.5. The van der Waals surface area contributed by atoms with E-state index in [0.717, 1.165) is 5.01 Å². The normalized spacial score (nSPS) is 13.7. The van der Waals surface area contributed by atoms with Crippen molar-refractivity contribution in [3.8, 4) is 5.75 Å². The molecule has 1 amide bonds. The average Bonchev–Trinajstić information content (AvgIpc) is 2.68. The van der Waals surface area contributed by atoms with Gasteiger partial charge in [-0.25, -0.2) is 0 Å². The van der Waals surface area contributed by atoms with Crippen LogP contribution in [0.15, 0.2) is 53.6 Å². The quantitative estimate of drug-likeness (QED) is 0.466. The predicted octanol–water partition coefficient (Wildman–Crippen LogP) is 2.77. The Labute approximate surface area is 153 Å². The Balaban J connectivity index is 1.88. The van der Waals surface area contributed by atoms with E-state index in [1.165, 1.54) is 31.4 Å². The molecule has 9 heteroatoms. The molecule has 0 aromatic heterocycles. The third kappa shape index (κ3) is 3.52. The zero-order chi connectivity index (χ0) is 18.7. The standard InChI is InChI=1S/C17H13N3O5S/c1-24-14-8-4-12(5-9-14)17(21)19-15(26)10-25-16(18-19)11-2-6-13(7-3-11)20(22)23/h2-9H,10H2,1H3. The second-order valence-corrected chi connectivity index (χ2v) is 5.71. The molecule has 0 N–H and O–H groups in total. The van der Waals surface area contributed by atoms with E-state index in [2.05, 4.69) is 5.10 Å². The maximum Gasteiger partial charge on any atom is 0.279 e. The number of methoxy groups -OCH3 is 1. The number of ether oxygens (including phenoxy) is 2. The van der Waals surface area contributed by atoms with Crippen LogP contribution < -0.4 is 4.74 Å². The fourth-order valence-corrected chi connectivity index (χ4v) is 2.43. The van der Waals surface area contributed by atoms with E-state index >= 15 is 0 Å². The Bertz CT molecular complexity index is 894. The van der Waals surface area contributed by atoms with Gasteiger partial charge in [0.1, 0.15) is 17.3 Å². The number of hydrazone groups is 1. The van der Waals surface area contributed by atoms with Gasteiger partial charge in [0, 0.05) is 23.3 Å². The summed E-state index contributed by atoms with van der Waals surface area (Å²) >= 11 is 5.17. The highest BCUT2D eigenvalue weighted by molar-refractivity contribution is 7.80. The highest BCUT2D eigenvalue weighted by Crippen LogP contribution is 2.18. The average molecular weight is 371 g/mol. The van der Waals surface area contributed by atoms with Crippen LogP contribution in [0.5, 0.6) is 5.75 Å². The molecule has 0 saturated carbocycles. The van der Waals surface area contributed by atoms with Crippen molar-refractivity contribution < 1.29 is 19.2 Å². The minimum absolute atomic E-state index is 0.00699. The number of amides is 1. The van der Waals surface area contributed by atoms with Gasteiger partial charge in [-0.2, -0.15) is 5.01 Å². The largest absolute Gasteiger partial charge is 0.497 e. The molecule has 0 spiro atoms. The third-order valence-electron chi connectivity index (χ3n) is 3.61. The molecule has 0 atom stereocenters. The smallest absolute Gasteiger partial charge is 0.279 e. The van der Waals surface area contributed by atoms with Gasteiger partial charge in [0.2, 0.25) is 5.90 Å². The lowest BCUT2D eigenvalue weighted by atomic mass is 10.2. The second kappa shape index (κ2) is 7.28. The molecule has 0 fully saturated rings. The molecule has 1 aliphatic rings. The molecule has 0 unspecified atom stereocenters. The van der Waals surface area contributed by atoms with Crippen molar-refractivity contribution in [1.29, 1.82) is 0 Å². The molecule has 2 aromatic carbocycles. The van der Waals surface area contributed by atoms with Crippen LogP contribution in [0.25, 0.3) is 0 Å². The Morgan fingerprint density at radius 3 is 2.46 bits per heavy atom. The number of hydrogen-bond donors (Lipinski definition) is 0. The number of hydrogen-bond acceptors (Lipinski definition) is 7. The topological polar surface area (TPSA) is 94.3 Å². The molecule has 0 aliphatic carbocycles. The first kappa shape index (κ1) is 17.5. The second-order valence-electron chi connectivity index (χ2n) is 5.24. The van der Waals surface area contributed by atoms with Crippen molar-refractivity contribution >= 4 is 34.7 Å². The molecule has 1 heterocycles. The van der Waals surface area contributed by atoms with Crippen molar-refractivity contribution in [2.45, 2.75) is 0 Å². The number of nitro benzene ring substituents is 1. The molecular weight excluding hydrogens is 358 g/mol. The Morgan fingerprint density at radius 2 is 1.88 bits per heavy atom. The van der Waals surface area contributed by atoms with E-state index in [1.807, 2.05) is 0 Å². The van der Waals surface area contributed by atoms with Gasteiger partial charge >= 0.3 is 0 Å². The molecule has 8 nitrogen and oxygen atoms in total. The zero-order valence-corrected chi connectivity index (χ0v) is 14.4. The molecule has 0 radical (unpaired) electrons. The van der Waals surface area contributed by atoms with Crippen molar-refractivity contribution in [1.82, 2.24) is 5.01 Å². The van der Waals surface area contributed by atoms with Gasteiger partial charge in [0.25, 0.3) is 11.6 Å². The van der Waals surface area contributed by atoms with Gasteiger partial charge in [-0.1, -0.05) is 12.2 Å². The van der Waals surface area contributed by atoms with Crippen molar-refractivity contribution in [2.75, 3.05) is 13.7 Å². The fourth-order valence-electron chi connectivity index (χ4n) is 2.25. The lowest BCUT2D eigenvalue weighted by Crippen LogP contribution is -2.39. The maximum atomic E-state index is 12.7. The number of carbonyl (C=O) groups excluding carboxylic acids is 1. The van der Waals surface area contributed by atoms with Gasteiger partial charge in [-0.05, 0) is 36.4 Å². The highest BCUT2D eigenvalue weighted by atomic mass is 32.1. The molecule has 0 bridgehead atoms.